The second-order valence-corrected chi connectivity index (χ2v) is 4.04. The van der Waals surface area contributed by atoms with Gasteiger partial charge in [0.15, 0.2) is 0 Å². The molecule has 0 spiro atoms. The maximum absolute atomic E-state index is 4.61. The molecule has 0 atom stereocenters. The van der Waals surface area contributed by atoms with E-state index in [9.17, 15) is 0 Å². The van der Waals surface area contributed by atoms with E-state index in [1.165, 1.54) is 24.4 Å². The molecule has 2 heterocycles. The van der Waals surface area contributed by atoms with Crippen LogP contribution in [0.4, 0.5) is 0 Å². The van der Waals surface area contributed by atoms with E-state index in [1.807, 2.05) is 0 Å². The Morgan fingerprint density at radius 2 is 2.31 bits per heavy atom. The second kappa shape index (κ2) is 3.50. The first-order chi connectivity index (χ1) is 6.25. The molecule has 1 aliphatic heterocycles. The van der Waals surface area contributed by atoms with Gasteiger partial charge in [0.05, 0.1) is 5.69 Å². The van der Waals surface area contributed by atoms with E-state index in [2.05, 4.69) is 34.7 Å². The summed E-state index contributed by atoms with van der Waals surface area (Å²) in [7, 11) is 4.16. The molecule has 3 heteroatoms. The lowest BCUT2D eigenvalue weighted by molar-refractivity contribution is 0.397. The van der Waals surface area contributed by atoms with E-state index in [-0.39, 0.29) is 0 Å². The van der Waals surface area contributed by atoms with Gasteiger partial charge < -0.3 is 9.47 Å². The van der Waals surface area contributed by atoms with Crippen LogP contribution in [0.15, 0.2) is 6.20 Å². The quantitative estimate of drug-likeness (QED) is 0.682. The molecule has 0 N–H and O–H groups in total. The average molecular weight is 179 g/mol. The number of hydrogen-bond acceptors (Lipinski definition) is 2. The van der Waals surface area contributed by atoms with Crippen molar-refractivity contribution < 1.29 is 0 Å². The predicted molar refractivity (Wildman–Crippen MR) is 52.6 cm³/mol. The van der Waals surface area contributed by atoms with Crippen LogP contribution in [0.3, 0.4) is 0 Å². The molecule has 0 aromatic carbocycles. The van der Waals surface area contributed by atoms with Crippen molar-refractivity contribution >= 4 is 0 Å². The minimum Gasteiger partial charge on any atom is -0.335 e. The summed E-state index contributed by atoms with van der Waals surface area (Å²) in [5.74, 6) is 1.28. The predicted octanol–water partition coefficient (Wildman–Crippen LogP) is 1.28. The summed E-state index contributed by atoms with van der Waals surface area (Å²) in [6.45, 7) is 2.12. The van der Waals surface area contributed by atoms with Crippen LogP contribution in [0, 0.1) is 0 Å². The Labute approximate surface area is 79.4 Å². The molecule has 1 aromatic heterocycles. The van der Waals surface area contributed by atoms with Crippen molar-refractivity contribution in [2.75, 3.05) is 14.1 Å². The maximum Gasteiger partial charge on any atom is 0.109 e. The lowest BCUT2D eigenvalue weighted by Crippen LogP contribution is -2.10. The summed E-state index contributed by atoms with van der Waals surface area (Å²) in [5.41, 5.74) is 1.21. The molecule has 0 saturated carbocycles. The number of imidazole rings is 1. The highest BCUT2D eigenvalue weighted by atomic mass is 15.1. The second-order valence-electron chi connectivity index (χ2n) is 4.04. The first-order valence-corrected chi connectivity index (χ1v) is 4.95. The van der Waals surface area contributed by atoms with Crippen molar-refractivity contribution in [1.29, 1.82) is 0 Å². The molecule has 2 rings (SSSR count). The Kier molecular flexibility index (Phi) is 2.36. The van der Waals surface area contributed by atoms with E-state index in [0.717, 1.165) is 19.5 Å². The highest BCUT2D eigenvalue weighted by molar-refractivity contribution is 5.05. The number of fused-ring (bicyclic) bond motifs is 1. The zero-order valence-electron chi connectivity index (χ0n) is 8.45. The van der Waals surface area contributed by atoms with Crippen LogP contribution in [-0.4, -0.2) is 28.5 Å². The summed E-state index contributed by atoms with van der Waals surface area (Å²) < 4.78 is 2.31. The molecule has 0 bridgehead atoms. The molecule has 0 radical (unpaired) electrons. The molecule has 3 nitrogen and oxygen atoms in total. The minimum absolute atomic E-state index is 0.958. The van der Waals surface area contributed by atoms with Gasteiger partial charge in [-0.2, -0.15) is 0 Å². The summed E-state index contributed by atoms with van der Waals surface area (Å²) >= 11 is 0. The number of aromatic nitrogens is 2. The van der Waals surface area contributed by atoms with Crippen LogP contribution in [0.2, 0.25) is 0 Å². The molecular formula is C10H17N3. The average Bonchev–Trinajstić information content (AvgIpc) is 2.44. The Bertz CT molecular complexity index is 265. The number of rotatable bonds is 2. The van der Waals surface area contributed by atoms with Crippen molar-refractivity contribution in [1.82, 2.24) is 14.5 Å². The molecule has 72 valence electrons. The Morgan fingerprint density at radius 3 is 3.00 bits per heavy atom. The topological polar surface area (TPSA) is 21.1 Å². The molecule has 0 saturated heterocycles. The van der Waals surface area contributed by atoms with Gasteiger partial charge >= 0.3 is 0 Å². The maximum atomic E-state index is 4.61. The molecule has 0 unspecified atom stereocenters. The van der Waals surface area contributed by atoms with Gasteiger partial charge in [-0.25, -0.2) is 4.98 Å². The van der Waals surface area contributed by atoms with E-state index in [1.54, 1.807) is 0 Å². The number of nitrogens with zero attached hydrogens (tertiary/aromatic N) is 3. The van der Waals surface area contributed by atoms with Gasteiger partial charge in [0.25, 0.3) is 0 Å². The summed E-state index contributed by atoms with van der Waals surface area (Å²) in [6.07, 6.45) is 5.98. The third-order valence-corrected chi connectivity index (χ3v) is 2.44. The van der Waals surface area contributed by atoms with Crippen molar-refractivity contribution in [3.05, 3.63) is 17.7 Å². The molecule has 0 aliphatic carbocycles. The van der Waals surface area contributed by atoms with E-state index >= 15 is 0 Å². The fourth-order valence-electron chi connectivity index (χ4n) is 1.87. The van der Waals surface area contributed by atoms with Crippen LogP contribution in [0.5, 0.6) is 0 Å². The highest BCUT2D eigenvalue weighted by Gasteiger charge is 2.11. The van der Waals surface area contributed by atoms with Gasteiger partial charge in [-0.05, 0) is 26.9 Å². The first-order valence-electron chi connectivity index (χ1n) is 4.95. The molecule has 13 heavy (non-hydrogen) atoms. The summed E-state index contributed by atoms with van der Waals surface area (Å²) in [6, 6.07) is 0. The Balaban J connectivity index is 2.15. The standard InChI is InChI=1S/C10H17N3/c1-12(2)7-9-8-13-6-4-3-5-10(13)11-9/h8H,3-7H2,1-2H3. The van der Waals surface area contributed by atoms with Gasteiger partial charge in [-0.1, -0.05) is 0 Å². The SMILES string of the molecule is CN(C)Cc1cn2c(n1)CCCC2. The van der Waals surface area contributed by atoms with Gasteiger partial charge in [-0.15, -0.1) is 0 Å². The van der Waals surface area contributed by atoms with Crippen LogP contribution >= 0.6 is 0 Å². The normalized spacial score (nSPS) is 16.2. The van der Waals surface area contributed by atoms with Crippen LogP contribution < -0.4 is 0 Å². The third-order valence-electron chi connectivity index (χ3n) is 2.44. The zero-order valence-corrected chi connectivity index (χ0v) is 8.45. The van der Waals surface area contributed by atoms with Gasteiger partial charge in [0, 0.05) is 25.7 Å². The van der Waals surface area contributed by atoms with Crippen LogP contribution in [-0.2, 0) is 19.5 Å². The summed E-state index contributed by atoms with van der Waals surface area (Å²) in [4.78, 5) is 6.77. The lowest BCUT2D eigenvalue weighted by atomic mass is 10.2. The van der Waals surface area contributed by atoms with E-state index < -0.39 is 0 Å². The van der Waals surface area contributed by atoms with E-state index in [4.69, 9.17) is 0 Å². The smallest absolute Gasteiger partial charge is 0.109 e. The number of hydrogen-bond donors (Lipinski definition) is 0. The van der Waals surface area contributed by atoms with Crippen molar-refractivity contribution in [2.45, 2.75) is 32.4 Å². The van der Waals surface area contributed by atoms with Crippen molar-refractivity contribution in [3.63, 3.8) is 0 Å². The van der Waals surface area contributed by atoms with Gasteiger partial charge in [0.2, 0.25) is 0 Å². The van der Waals surface area contributed by atoms with Crippen LogP contribution in [0.1, 0.15) is 24.4 Å². The fraction of sp³-hybridized carbons (Fsp3) is 0.700. The molecule has 0 amide bonds. The molecule has 1 aromatic rings. The van der Waals surface area contributed by atoms with Crippen molar-refractivity contribution in [3.8, 4) is 0 Å². The van der Waals surface area contributed by atoms with Crippen LogP contribution in [0.25, 0.3) is 0 Å². The van der Waals surface area contributed by atoms with Gasteiger partial charge in [0.1, 0.15) is 5.82 Å². The largest absolute Gasteiger partial charge is 0.335 e. The zero-order chi connectivity index (χ0) is 9.26. The monoisotopic (exact) mass is 179 g/mol. The number of aryl methyl sites for hydroxylation is 2. The highest BCUT2D eigenvalue weighted by Crippen LogP contribution is 2.14. The first kappa shape index (κ1) is 8.75. The van der Waals surface area contributed by atoms with E-state index in [0.29, 0.717) is 0 Å². The Hall–Kier alpha value is -0.830. The van der Waals surface area contributed by atoms with Crippen molar-refractivity contribution in [2.24, 2.45) is 0 Å². The molecule has 1 aliphatic rings. The fourth-order valence-corrected chi connectivity index (χ4v) is 1.87. The molecule has 0 fully saturated rings. The molecular weight excluding hydrogens is 162 g/mol. The lowest BCUT2D eigenvalue weighted by Gasteiger charge is -2.11. The van der Waals surface area contributed by atoms with Gasteiger partial charge in [-0.3, -0.25) is 0 Å². The third kappa shape index (κ3) is 1.91. The Morgan fingerprint density at radius 1 is 1.46 bits per heavy atom. The summed E-state index contributed by atoms with van der Waals surface area (Å²) in [5, 5.41) is 0. The minimum atomic E-state index is 0.958.